The van der Waals surface area contributed by atoms with Crippen LogP contribution in [0.1, 0.15) is 6.92 Å². The zero-order chi connectivity index (χ0) is 15.5. The third kappa shape index (κ3) is 3.35. The average Bonchev–Trinajstić information content (AvgIpc) is 2.55. The third-order valence-corrected chi connectivity index (χ3v) is 3.86. The molecular formula is C15H17ClN4O2. The number of anilines is 1. The number of pyridine rings is 2. The van der Waals surface area contributed by atoms with Crippen LogP contribution in [0.3, 0.4) is 0 Å². The summed E-state index contributed by atoms with van der Waals surface area (Å²) in [5, 5.41) is 4.18. The van der Waals surface area contributed by atoms with Crippen molar-refractivity contribution in [1.82, 2.24) is 14.9 Å². The molecule has 1 aliphatic heterocycles. The van der Waals surface area contributed by atoms with Gasteiger partial charge in [-0.15, -0.1) is 0 Å². The number of aromatic nitrogens is 2. The number of ether oxygens (including phenoxy) is 1. The monoisotopic (exact) mass is 320 g/mol. The Hall–Kier alpha value is -1.76. The molecule has 0 bridgehead atoms. The maximum Gasteiger partial charge on any atom is 0.255 e. The normalized spacial score (nSPS) is 19.3. The van der Waals surface area contributed by atoms with Crippen molar-refractivity contribution in [2.24, 2.45) is 0 Å². The highest BCUT2D eigenvalue weighted by Gasteiger charge is 2.26. The molecule has 116 valence electrons. The summed E-state index contributed by atoms with van der Waals surface area (Å²) in [4.78, 5) is 22.9. The molecule has 0 saturated carbocycles. The minimum Gasteiger partial charge on any atom is -0.366 e. The van der Waals surface area contributed by atoms with E-state index in [9.17, 15) is 4.79 Å². The maximum atomic E-state index is 12.3. The summed E-state index contributed by atoms with van der Waals surface area (Å²) in [7, 11) is 0. The fourth-order valence-corrected chi connectivity index (χ4v) is 2.57. The molecule has 0 aliphatic carbocycles. The molecule has 1 fully saturated rings. The second-order valence-electron chi connectivity index (χ2n) is 5.14. The number of amides is 1. The van der Waals surface area contributed by atoms with E-state index in [-0.39, 0.29) is 5.91 Å². The van der Waals surface area contributed by atoms with Crippen LogP contribution in [0.2, 0.25) is 5.02 Å². The number of morpholine rings is 1. The SMILES string of the molecule is CCN1CCOC(C(=O)Nc2ccc3cc(Cl)cnc3n2)C1. The highest BCUT2D eigenvalue weighted by Crippen LogP contribution is 2.17. The van der Waals surface area contributed by atoms with Crippen LogP contribution >= 0.6 is 11.6 Å². The average molecular weight is 321 g/mol. The Bertz CT molecular complexity index is 694. The molecule has 0 aromatic carbocycles. The first-order valence-corrected chi connectivity index (χ1v) is 7.60. The molecule has 6 nitrogen and oxygen atoms in total. The van der Waals surface area contributed by atoms with Crippen LogP contribution in [0.4, 0.5) is 5.82 Å². The summed E-state index contributed by atoms with van der Waals surface area (Å²) in [5.41, 5.74) is 0.543. The van der Waals surface area contributed by atoms with Gasteiger partial charge in [-0.05, 0) is 24.7 Å². The van der Waals surface area contributed by atoms with E-state index in [1.807, 2.05) is 6.07 Å². The van der Waals surface area contributed by atoms with Crippen molar-refractivity contribution in [3.63, 3.8) is 0 Å². The first-order chi connectivity index (χ1) is 10.7. The second-order valence-corrected chi connectivity index (χ2v) is 5.58. The Kier molecular flexibility index (Phi) is 4.52. The number of carbonyl (C=O) groups excluding carboxylic acids is 1. The molecular weight excluding hydrogens is 304 g/mol. The number of fused-ring (bicyclic) bond motifs is 1. The number of carbonyl (C=O) groups is 1. The van der Waals surface area contributed by atoms with E-state index in [4.69, 9.17) is 16.3 Å². The number of hydrogen-bond acceptors (Lipinski definition) is 5. The molecule has 1 aliphatic rings. The van der Waals surface area contributed by atoms with Gasteiger partial charge in [-0.25, -0.2) is 9.97 Å². The molecule has 2 aromatic heterocycles. The summed E-state index contributed by atoms with van der Waals surface area (Å²) in [6.45, 7) is 5.01. The van der Waals surface area contributed by atoms with Crippen LogP contribution in [0, 0.1) is 0 Å². The van der Waals surface area contributed by atoms with Crippen LogP contribution < -0.4 is 5.32 Å². The number of nitrogens with zero attached hydrogens (tertiary/aromatic N) is 3. The number of likely N-dealkylation sites (N-methyl/N-ethyl adjacent to an activating group) is 1. The lowest BCUT2D eigenvalue weighted by atomic mass is 10.2. The van der Waals surface area contributed by atoms with E-state index in [2.05, 4.69) is 27.1 Å². The lowest BCUT2D eigenvalue weighted by molar-refractivity contribution is -0.132. The molecule has 3 heterocycles. The van der Waals surface area contributed by atoms with Crippen LogP contribution in [-0.4, -0.2) is 53.1 Å². The van der Waals surface area contributed by atoms with E-state index in [0.717, 1.165) is 18.5 Å². The zero-order valence-electron chi connectivity index (χ0n) is 12.3. The minimum atomic E-state index is -0.468. The molecule has 22 heavy (non-hydrogen) atoms. The van der Waals surface area contributed by atoms with Gasteiger partial charge in [0.15, 0.2) is 5.65 Å². The highest BCUT2D eigenvalue weighted by atomic mass is 35.5. The Balaban J connectivity index is 1.72. The van der Waals surface area contributed by atoms with Crippen LogP contribution in [0.15, 0.2) is 24.4 Å². The van der Waals surface area contributed by atoms with Crippen molar-refractivity contribution in [3.05, 3.63) is 29.4 Å². The van der Waals surface area contributed by atoms with E-state index >= 15 is 0 Å². The largest absolute Gasteiger partial charge is 0.366 e. The van der Waals surface area contributed by atoms with Gasteiger partial charge < -0.3 is 10.1 Å². The fourth-order valence-electron chi connectivity index (χ4n) is 2.41. The first kappa shape index (κ1) is 15.1. The Labute approximate surface area is 133 Å². The van der Waals surface area contributed by atoms with Gasteiger partial charge in [0.2, 0.25) is 0 Å². The predicted octanol–water partition coefficient (Wildman–Crippen LogP) is 1.94. The number of nitrogens with one attached hydrogen (secondary N) is 1. The smallest absolute Gasteiger partial charge is 0.255 e. The van der Waals surface area contributed by atoms with Crippen molar-refractivity contribution in [2.75, 3.05) is 31.6 Å². The van der Waals surface area contributed by atoms with Gasteiger partial charge in [-0.1, -0.05) is 18.5 Å². The standard InChI is InChI=1S/C15H17ClN4O2/c1-2-20-5-6-22-12(9-20)15(21)19-13-4-3-10-7-11(16)8-17-14(10)18-13/h3-4,7-8,12H,2,5-6,9H2,1H3,(H,17,18,19,21). The van der Waals surface area contributed by atoms with Gasteiger partial charge in [0.1, 0.15) is 11.9 Å². The molecule has 0 spiro atoms. The van der Waals surface area contributed by atoms with Gasteiger partial charge in [-0.3, -0.25) is 9.69 Å². The van der Waals surface area contributed by atoms with E-state index in [1.54, 1.807) is 12.1 Å². The molecule has 1 saturated heterocycles. The fraction of sp³-hybridized carbons (Fsp3) is 0.400. The quantitative estimate of drug-likeness (QED) is 0.936. The molecule has 1 amide bonds. The van der Waals surface area contributed by atoms with Crippen molar-refractivity contribution in [2.45, 2.75) is 13.0 Å². The predicted molar refractivity (Wildman–Crippen MR) is 85.0 cm³/mol. The van der Waals surface area contributed by atoms with Crippen molar-refractivity contribution in [1.29, 1.82) is 0 Å². The van der Waals surface area contributed by atoms with Gasteiger partial charge in [-0.2, -0.15) is 0 Å². The maximum absolute atomic E-state index is 12.3. The van der Waals surface area contributed by atoms with E-state index in [1.165, 1.54) is 6.20 Å². The molecule has 1 atom stereocenters. The van der Waals surface area contributed by atoms with E-state index in [0.29, 0.717) is 29.6 Å². The van der Waals surface area contributed by atoms with Crippen LogP contribution in [0.25, 0.3) is 11.0 Å². The molecule has 2 aromatic rings. The second kappa shape index (κ2) is 6.56. The third-order valence-electron chi connectivity index (χ3n) is 3.65. The lowest BCUT2D eigenvalue weighted by Crippen LogP contribution is -2.47. The number of halogens is 1. The summed E-state index contributed by atoms with van der Waals surface area (Å²) in [5.74, 6) is 0.281. The van der Waals surface area contributed by atoms with Gasteiger partial charge >= 0.3 is 0 Å². The first-order valence-electron chi connectivity index (χ1n) is 7.23. The Morgan fingerprint density at radius 3 is 3.23 bits per heavy atom. The Morgan fingerprint density at radius 2 is 2.41 bits per heavy atom. The van der Waals surface area contributed by atoms with Gasteiger partial charge in [0, 0.05) is 24.7 Å². The van der Waals surface area contributed by atoms with Crippen molar-refractivity contribution in [3.8, 4) is 0 Å². The lowest BCUT2D eigenvalue weighted by Gasteiger charge is -2.31. The molecule has 3 rings (SSSR count). The zero-order valence-corrected chi connectivity index (χ0v) is 13.0. The van der Waals surface area contributed by atoms with Crippen LogP contribution in [-0.2, 0) is 9.53 Å². The number of rotatable bonds is 3. The Morgan fingerprint density at radius 1 is 1.55 bits per heavy atom. The molecule has 1 N–H and O–H groups in total. The van der Waals surface area contributed by atoms with Gasteiger partial charge in [0.25, 0.3) is 5.91 Å². The van der Waals surface area contributed by atoms with Crippen molar-refractivity contribution < 1.29 is 9.53 Å². The summed E-state index contributed by atoms with van der Waals surface area (Å²) >= 11 is 5.89. The highest BCUT2D eigenvalue weighted by molar-refractivity contribution is 6.31. The van der Waals surface area contributed by atoms with Crippen LogP contribution in [0.5, 0.6) is 0 Å². The molecule has 1 unspecified atom stereocenters. The summed E-state index contributed by atoms with van der Waals surface area (Å²) < 4.78 is 5.53. The van der Waals surface area contributed by atoms with E-state index < -0.39 is 6.10 Å². The molecule has 0 radical (unpaired) electrons. The summed E-state index contributed by atoms with van der Waals surface area (Å²) in [6.07, 6.45) is 1.07. The van der Waals surface area contributed by atoms with Crippen molar-refractivity contribution >= 4 is 34.4 Å². The number of hydrogen-bond donors (Lipinski definition) is 1. The summed E-state index contributed by atoms with van der Waals surface area (Å²) in [6, 6.07) is 5.35. The topological polar surface area (TPSA) is 67.3 Å². The minimum absolute atomic E-state index is 0.182. The van der Waals surface area contributed by atoms with Gasteiger partial charge in [0.05, 0.1) is 11.6 Å². The molecule has 7 heteroatoms.